The molecule has 1 aromatic heterocycles. The van der Waals surface area contributed by atoms with Crippen LogP contribution in [0.2, 0.25) is 0 Å². The zero-order valence-electron chi connectivity index (χ0n) is 13.0. The topological polar surface area (TPSA) is 145 Å². The van der Waals surface area contributed by atoms with Crippen molar-refractivity contribution in [1.82, 2.24) is 4.57 Å². The molecular weight excluding hydrogens is 339 g/mol. The van der Waals surface area contributed by atoms with E-state index >= 15 is 0 Å². The Morgan fingerprint density at radius 2 is 2.00 bits per heavy atom. The first kappa shape index (κ1) is 18.6. The summed E-state index contributed by atoms with van der Waals surface area (Å²) in [6.45, 7) is 0. The molecule has 2 aromatic rings. The number of anilines is 1. The fourth-order valence-corrected chi connectivity index (χ4v) is 2.24. The third-order valence-electron chi connectivity index (χ3n) is 3.31. The number of nitro groups is 1. The number of nitrogens with one attached hydrogen (secondary N) is 2. The minimum absolute atomic E-state index is 0. The Labute approximate surface area is 162 Å². The van der Waals surface area contributed by atoms with E-state index in [-0.39, 0.29) is 57.7 Å². The van der Waals surface area contributed by atoms with Crippen molar-refractivity contribution in [3.63, 3.8) is 0 Å². The number of aliphatic imine (C=N–C) groups is 1. The second kappa shape index (κ2) is 7.41. The van der Waals surface area contributed by atoms with Crippen LogP contribution in [0.4, 0.5) is 17.1 Å². The fraction of sp³-hybridized carbons (Fsp3) is 0.0714. The third kappa shape index (κ3) is 3.67. The Balaban J connectivity index is 0.00000225. The molecule has 2 N–H and O–H groups in total. The van der Waals surface area contributed by atoms with Gasteiger partial charge in [0.1, 0.15) is 5.69 Å². The molecule has 0 aliphatic carbocycles. The van der Waals surface area contributed by atoms with Gasteiger partial charge >= 0.3 is 29.6 Å². The Bertz CT molecular complexity index is 946. The number of nitrogens with zero attached hydrogens (tertiary/aromatic N) is 4. The number of pyridine rings is 1. The van der Waals surface area contributed by atoms with Crippen molar-refractivity contribution in [3.05, 3.63) is 62.3 Å². The van der Waals surface area contributed by atoms with Crippen molar-refractivity contribution in [2.24, 2.45) is 4.99 Å². The molecule has 2 heterocycles. The van der Waals surface area contributed by atoms with E-state index in [9.17, 15) is 19.7 Å². The first-order valence-electron chi connectivity index (χ1n) is 6.64. The van der Waals surface area contributed by atoms with E-state index in [4.69, 9.17) is 5.41 Å². The average molecular weight is 348 g/mol. The minimum atomic E-state index is -1.17. The maximum absolute atomic E-state index is 11.8. The second-order valence-electron chi connectivity index (χ2n) is 4.79. The molecule has 0 radical (unpaired) electrons. The monoisotopic (exact) mass is 348 g/mol. The van der Waals surface area contributed by atoms with Crippen LogP contribution in [0.3, 0.4) is 0 Å². The second-order valence-corrected chi connectivity index (χ2v) is 4.79. The summed E-state index contributed by atoms with van der Waals surface area (Å²) in [7, 11) is 0. The van der Waals surface area contributed by atoms with Gasteiger partial charge in [-0.2, -0.15) is 0 Å². The van der Waals surface area contributed by atoms with E-state index in [1.54, 1.807) is 6.01 Å². The summed E-state index contributed by atoms with van der Waals surface area (Å²) in [5.41, 5.74) is 0.133. The van der Waals surface area contributed by atoms with Crippen LogP contribution < -0.4 is 40.3 Å². The first-order chi connectivity index (χ1) is 11.5. The number of carbonyl (C=O) groups excluding carboxylic acids is 1. The Morgan fingerprint density at radius 1 is 1.32 bits per heavy atom. The largest absolute Gasteiger partial charge is 1.00 e. The van der Waals surface area contributed by atoms with Gasteiger partial charge in [-0.25, -0.2) is 10.4 Å². The number of carbonyl (C=O) groups is 1. The van der Waals surface area contributed by atoms with E-state index in [0.29, 0.717) is 0 Å². The molecule has 1 unspecified atom stereocenters. The van der Waals surface area contributed by atoms with Crippen LogP contribution in [0, 0.1) is 15.5 Å². The molecule has 1 aliphatic heterocycles. The summed E-state index contributed by atoms with van der Waals surface area (Å²) in [6, 6.07) is 6.88. The smallest absolute Gasteiger partial charge is 0.653 e. The minimum Gasteiger partial charge on any atom is -0.653 e. The van der Waals surface area contributed by atoms with Gasteiger partial charge in [-0.05, 0) is 6.07 Å². The maximum atomic E-state index is 11.8. The van der Waals surface area contributed by atoms with Gasteiger partial charge in [-0.1, -0.05) is 0 Å². The summed E-state index contributed by atoms with van der Waals surface area (Å²) >= 11 is 0. The molecule has 120 valence electrons. The summed E-state index contributed by atoms with van der Waals surface area (Å²) in [5, 5.41) is 24.7. The standard InChI is InChI=1S/C14H9N6O4.Na/c15-7-16-13-14(22)18-10-6-12(20(23)24)11(5-9(10)17-13)19-3-1-8(21)2-4-19;/h1-6,13,15H,(H,18,22);/q-1;+1. The van der Waals surface area contributed by atoms with Crippen molar-refractivity contribution >= 4 is 29.0 Å². The predicted octanol–water partition coefficient (Wildman–Crippen LogP) is -1.21. The molecule has 0 fully saturated rings. The molecule has 0 saturated carbocycles. The van der Waals surface area contributed by atoms with Gasteiger partial charge in [0.15, 0.2) is 5.43 Å². The third-order valence-corrected chi connectivity index (χ3v) is 3.31. The summed E-state index contributed by atoms with van der Waals surface area (Å²) in [5.74, 6) is -0.604. The van der Waals surface area contributed by atoms with Gasteiger partial charge in [-0.15, -0.1) is 5.69 Å². The molecule has 10 nitrogen and oxygen atoms in total. The molecular formula is C14H9N6NaO4. The Morgan fingerprint density at radius 3 is 2.60 bits per heavy atom. The zero-order valence-corrected chi connectivity index (χ0v) is 15.0. The van der Waals surface area contributed by atoms with Gasteiger partial charge < -0.3 is 15.2 Å². The van der Waals surface area contributed by atoms with Crippen molar-refractivity contribution in [3.8, 4) is 5.69 Å². The zero-order chi connectivity index (χ0) is 17.3. The van der Waals surface area contributed by atoms with Gasteiger partial charge in [0.2, 0.25) is 5.91 Å². The van der Waals surface area contributed by atoms with Crippen LogP contribution in [0.5, 0.6) is 0 Å². The number of aromatic nitrogens is 1. The van der Waals surface area contributed by atoms with Gasteiger partial charge in [0.25, 0.3) is 5.69 Å². The van der Waals surface area contributed by atoms with Gasteiger partial charge in [0, 0.05) is 36.3 Å². The quantitative estimate of drug-likeness (QED) is 0.310. The van der Waals surface area contributed by atoms with Crippen LogP contribution in [0.25, 0.3) is 11.0 Å². The molecule has 25 heavy (non-hydrogen) atoms. The molecule has 3 rings (SSSR count). The molecule has 1 aliphatic rings. The molecule has 11 heteroatoms. The van der Waals surface area contributed by atoms with Crippen LogP contribution in [0.15, 0.2) is 46.4 Å². The first-order valence-corrected chi connectivity index (χ1v) is 6.64. The summed E-state index contributed by atoms with van der Waals surface area (Å²) in [4.78, 5) is 37.2. The average Bonchev–Trinajstić information content (AvgIpc) is 2.55. The van der Waals surface area contributed by atoms with Crippen molar-refractivity contribution in [2.75, 3.05) is 5.32 Å². The van der Waals surface area contributed by atoms with Gasteiger partial charge in [-0.3, -0.25) is 19.7 Å². The molecule has 1 amide bonds. The Kier molecular flexibility index (Phi) is 5.50. The van der Waals surface area contributed by atoms with Crippen molar-refractivity contribution in [2.45, 2.75) is 6.17 Å². The summed E-state index contributed by atoms with van der Waals surface area (Å²) < 4.78 is 1.40. The summed E-state index contributed by atoms with van der Waals surface area (Å²) in [6.07, 6.45) is 1.62. The van der Waals surface area contributed by atoms with E-state index in [1.165, 1.54) is 41.2 Å². The van der Waals surface area contributed by atoms with Crippen LogP contribution in [-0.2, 0) is 4.79 Å². The van der Waals surface area contributed by atoms with Crippen molar-refractivity contribution < 1.29 is 39.3 Å². The SMILES string of the molecule is N=C=NC1[N-]c2cc(-n3ccc(=O)cc3)c([N+](=O)[O-])cc2NC1=O.[Na+]. The molecule has 1 atom stereocenters. The molecule has 1 aromatic carbocycles. The van der Waals surface area contributed by atoms with Gasteiger partial charge in [0.05, 0.1) is 17.1 Å². The Hall–Kier alpha value is -2.78. The molecule has 0 spiro atoms. The predicted molar refractivity (Wildman–Crippen MR) is 84.3 cm³/mol. The van der Waals surface area contributed by atoms with E-state index in [0.717, 1.165) is 0 Å². The number of hydrogen-bond donors (Lipinski definition) is 2. The van der Waals surface area contributed by atoms with Crippen LogP contribution in [-0.4, -0.2) is 27.6 Å². The number of fused-ring (bicyclic) bond motifs is 1. The normalized spacial score (nSPS) is 14.9. The number of benzene rings is 1. The fourth-order valence-electron chi connectivity index (χ4n) is 2.24. The number of amides is 1. The number of rotatable bonds is 3. The van der Waals surface area contributed by atoms with Crippen LogP contribution in [0.1, 0.15) is 0 Å². The maximum Gasteiger partial charge on any atom is 1.00 e. The van der Waals surface area contributed by atoms with E-state index in [1.807, 2.05) is 0 Å². The number of hydrogen-bond acceptors (Lipinski definition) is 6. The van der Waals surface area contributed by atoms with Crippen LogP contribution >= 0.6 is 0 Å². The van der Waals surface area contributed by atoms with E-state index in [2.05, 4.69) is 15.6 Å². The molecule has 0 saturated heterocycles. The van der Waals surface area contributed by atoms with E-state index < -0.39 is 17.0 Å². The number of nitro benzene ring substituents is 1. The van der Waals surface area contributed by atoms with Crippen molar-refractivity contribution in [1.29, 1.82) is 5.41 Å². The molecule has 0 bridgehead atoms.